The fourth-order valence-corrected chi connectivity index (χ4v) is 3.31. The molecule has 0 spiro atoms. The van der Waals surface area contributed by atoms with E-state index >= 15 is 0 Å². The average Bonchev–Trinajstić information content (AvgIpc) is 2.43. The van der Waals surface area contributed by atoms with Crippen LogP contribution < -0.4 is 5.32 Å². The summed E-state index contributed by atoms with van der Waals surface area (Å²) in [6.07, 6.45) is 7.14. The van der Waals surface area contributed by atoms with E-state index in [-0.39, 0.29) is 12.6 Å². The van der Waals surface area contributed by atoms with Crippen LogP contribution in [0.5, 0.6) is 0 Å². The van der Waals surface area contributed by atoms with Gasteiger partial charge >= 0.3 is 12.0 Å². The van der Waals surface area contributed by atoms with E-state index in [1.54, 1.807) is 6.92 Å². The lowest BCUT2D eigenvalue weighted by Crippen LogP contribution is -2.53. The summed E-state index contributed by atoms with van der Waals surface area (Å²) >= 11 is 0. The topological polar surface area (TPSA) is 69.6 Å². The molecule has 1 heterocycles. The summed E-state index contributed by atoms with van der Waals surface area (Å²) in [6.45, 7) is 2.64. The van der Waals surface area contributed by atoms with Crippen LogP contribution in [0.15, 0.2) is 0 Å². The van der Waals surface area contributed by atoms with E-state index in [2.05, 4.69) is 5.32 Å². The molecule has 108 valence electrons. The smallest absolute Gasteiger partial charge is 0.317 e. The first-order valence-electron chi connectivity index (χ1n) is 7.37. The van der Waals surface area contributed by atoms with Gasteiger partial charge in [-0.1, -0.05) is 19.8 Å². The van der Waals surface area contributed by atoms with Gasteiger partial charge in [0.05, 0.1) is 5.92 Å². The molecule has 0 aromatic rings. The maximum absolute atomic E-state index is 12.2. The Balaban J connectivity index is 1.88. The highest BCUT2D eigenvalue weighted by molar-refractivity contribution is 5.76. The number of urea groups is 1. The second-order valence-electron chi connectivity index (χ2n) is 5.87. The van der Waals surface area contributed by atoms with Crippen molar-refractivity contribution >= 4 is 12.0 Å². The molecule has 1 unspecified atom stereocenters. The number of nitrogens with one attached hydrogen (secondary N) is 1. The highest BCUT2D eigenvalue weighted by Gasteiger charge is 2.35. The summed E-state index contributed by atoms with van der Waals surface area (Å²) in [5.41, 5.74) is 0. The molecule has 2 rings (SSSR count). The molecule has 19 heavy (non-hydrogen) atoms. The van der Waals surface area contributed by atoms with E-state index in [1.165, 1.54) is 25.7 Å². The summed E-state index contributed by atoms with van der Waals surface area (Å²) in [5.74, 6) is -0.740. The van der Waals surface area contributed by atoms with Crippen molar-refractivity contribution < 1.29 is 14.7 Å². The Kier molecular flexibility index (Phi) is 4.66. The van der Waals surface area contributed by atoms with Crippen LogP contribution in [-0.2, 0) is 4.79 Å². The number of rotatable bonds is 3. The van der Waals surface area contributed by atoms with E-state index in [9.17, 15) is 9.59 Å². The molecule has 0 aromatic heterocycles. The summed E-state index contributed by atoms with van der Waals surface area (Å²) in [4.78, 5) is 24.9. The van der Waals surface area contributed by atoms with Gasteiger partial charge in [0, 0.05) is 19.1 Å². The normalized spacial score (nSPS) is 28.4. The van der Waals surface area contributed by atoms with Crippen LogP contribution in [0.2, 0.25) is 0 Å². The van der Waals surface area contributed by atoms with Crippen LogP contribution >= 0.6 is 0 Å². The highest BCUT2D eigenvalue weighted by Crippen LogP contribution is 2.35. The molecular weight excluding hydrogens is 244 g/mol. The van der Waals surface area contributed by atoms with Gasteiger partial charge in [0.15, 0.2) is 0 Å². The molecule has 0 aromatic carbocycles. The number of likely N-dealkylation sites (tertiary alicyclic amines) is 1. The van der Waals surface area contributed by atoms with E-state index in [0.717, 1.165) is 19.4 Å². The Labute approximate surface area is 114 Å². The van der Waals surface area contributed by atoms with Crippen molar-refractivity contribution in [2.24, 2.45) is 11.8 Å². The number of hydrogen-bond donors (Lipinski definition) is 2. The molecule has 1 aliphatic carbocycles. The minimum atomic E-state index is -0.866. The number of carboxylic acids is 1. The van der Waals surface area contributed by atoms with Crippen molar-refractivity contribution in [3.63, 3.8) is 0 Å². The molecule has 0 bridgehead atoms. The lowest BCUT2D eigenvalue weighted by atomic mass is 9.78. The van der Waals surface area contributed by atoms with E-state index in [0.29, 0.717) is 12.0 Å². The lowest BCUT2D eigenvalue weighted by Gasteiger charge is -2.44. The molecule has 5 heteroatoms. The third-order valence-electron chi connectivity index (χ3n) is 4.49. The van der Waals surface area contributed by atoms with Gasteiger partial charge < -0.3 is 15.3 Å². The van der Waals surface area contributed by atoms with Crippen LogP contribution in [0.3, 0.4) is 0 Å². The van der Waals surface area contributed by atoms with Crippen LogP contribution in [0.1, 0.15) is 45.4 Å². The molecule has 1 saturated carbocycles. The summed E-state index contributed by atoms with van der Waals surface area (Å²) < 4.78 is 0. The van der Waals surface area contributed by atoms with Gasteiger partial charge in [-0.05, 0) is 31.6 Å². The number of fused-ring (bicyclic) bond motifs is 1. The second kappa shape index (κ2) is 6.26. The predicted octanol–water partition coefficient (Wildman–Crippen LogP) is 2.07. The second-order valence-corrected chi connectivity index (χ2v) is 5.87. The molecule has 2 aliphatic rings. The summed E-state index contributed by atoms with van der Waals surface area (Å²) in [7, 11) is 0. The molecule has 2 N–H and O–H groups in total. The van der Waals surface area contributed by atoms with Gasteiger partial charge in [-0.15, -0.1) is 0 Å². The highest BCUT2D eigenvalue weighted by atomic mass is 16.4. The number of carbonyl (C=O) groups is 2. The molecule has 3 atom stereocenters. The zero-order valence-corrected chi connectivity index (χ0v) is 11.6. The first-order valence-corrected chi connectivity index (χ1v) is 7.37. The van der Waals surface area contributed by atoms with E-state index in [4.69, 9.17) is 5.11 Å². The number of nitrogens with zero attached hydrogens (tertiary/aromatic N) is 1. The Morgan fingerprint density at radius 2 is 1.95 bits per heavy atom. The van der Waals surface area contributed by atoms with Crippen molar-refractivity contribution in [1.82, 2.24) is 10.2 Å². The van der Waals surface area contributed by atoms with Crippen molar-refractivity contribution in [3.05, 3.63) is 0 Å². The number of piperidine rings is 1. The minimum Gasteiger partial charge on any atom is -0.481 e. The number of carbonyl (C=O) groups excluding carboxylic acids is 1. The molecule has 2 amide bonds. The Bertz CT molecular complexity index is 344. The van der Waals surface area contributed by atoms with Crippen molar-refractivity contribution in [2.45, 2.75) is 51.5 Å². The van der Waals surface area contributed by atoms with Gasteiger partial charge in [0.25, 0.3) is 0 Å². The SMILES string of the molecule is CC(CNC(=O)N1CCC[C@H]2CCCC[C@H]21)C(=O)O. The third kappa shape index (κ3) is 3.39. The largest absolute Gasteiger partial charge is 0.481 e. The standard InChI is InChI=1S/C14H24N2O3/c1-10(13(17)18)9-15-14(19)16-8-4-6-11-5-2-3-7-12(11)16/h10-12H,2-9H2,1H3,(H,15,19)(H,17,18)/t10?,11-,12-/m1/s1. The zero-order valence-electron chi connectivity index (χ0n) is 11.6. The molecule has 5 nitrogen and oxygen atoms in total. The number of carboxylic acid groups (broad SMARTS) is 1. The maximum atomic E-state index is 12.2. The Morgan fingerprint density at radius 1 is 1.26 bits per heavy atom. The number of aliphatic carboxylic acids is 1. The summed E-state index contributed by atoms with van der Waals surface area (Å²) in [6, 6.07) is 0.298. The fraction of sp³-hybridized carbons (Fsp3) is 0.857. The van der Waals surface area contributed by atoms with Crippen molar-refractivity contribution in [3.8, 4) is 0 Å². The zero-order chi connectivity index (χ0) is 13.8. The number of hydrogen-bond acceptors (Lipinski definition) is 2. The third-order valence-corrected chi connectivity index (χ3v) is 4.49. The quantitative estimate of drug-likeness (QED) is 0.823. The minimum absolute atomic E-state index is 0.0790. The first-order chi connectivity index (χ1) is 9.09. The molecular formula is C14H24N2O3. The monoisotopic (exact) mass is 268 g/mol. The molecule has 2 fully saturated rings. The van der Waals surface area contributed by atoms with Gasteiger partial charge in [-0.3, -0.25) is 4.79 Å². The Hall–Kier alpha value is -1.26. The van der Waals surface area contributed by atoms with Crippen LogP contribution in [0.25, 0.3) is 0 Å². The van der Waals surface area contributed by atoms with Crippen LogP contribution in [0.4, 0.5) is 4.79 Å². The maximum Gasteiger partial charge on any atom is 0.317 e. The first kappa shape index (κ1) is 14.2. The van der Waals surface area contributed by atoms with Gasteiger partial charge in [-0.2, -0.15) is 0 Å². The van der Waals surface area contributed by atoms with Crippen molar-refractivity contribution in [1.29, 1.82) is 0 Å². The van der Waals surface area contributed by atoms with Gasteiger partial charge in [0.1, 0.15) is 0 Å². The predicted molar refractivity (Wildman–Crippen MR) is 71.9 cm³/mol. The number of amides is 2. The molecule has 0 radical (unpaired) electrons. The van der Waals surface area contributed by atoms with Gasteiger partial charge in [0.2, 0.25) is 0 Å². The fourth-order valence-electron chi connectivity index (χ4n) is 3.31. The van der Waals surface area contributed by atoms with Crippen molar-refractivity contribution in [2.75, 3.05) is 13.1 Å². The Morgan fingerprint density at radius 3 is 2.68 bits per heavy atom. The average molecular weight is 268 g/mol. The molecule has 1 saturated heterocycles. The molecule has 1 aliphatic heterocycles. The van der Waals surface area contributed by atoms with E-state index in [1.807, 2.05) is 4.90 Å². The van der Waals surface area contributed by atoms with Crippen LogP contribution in [-0.4, -0.2) is 41.1 Å². The lowest BCUT2D eigenvalue weighted by molar-refractivity contribution is -0.140. The van der Waals surface area contributed by atoms with Gasteiger partial charge in [-0.25, -0.2) is 4.79 Å². The summed E-state index contributed by atoms with van der Waals surface area (Å²) in [5, 5.41) is 11.6. The van der Waals surface area contributed by atoms with Crippen LogP contribution in [0, 0.1) is 11.8 Å². The van der Waals surface area contributed by atoms with E-state index < -0.39 is 11.9 Å².